The van der Waals surface area contributed by atoms with Crippen LogP contribution in [0.15, 0.2) is 45.3 Å². The maximum absolute atomic E-state index is 11.8. The summed E-state index contributed by atoms with van der Waals surface area (Å²) in [6.45, 7) is 0.863. The molecule has 0 unspecified atom stereocenters. The Hall–Kier alpha value is -2.60. The molecule has 1 amide bonds. The average molecular weight is 286 g/mol. The van der Waals surface area contributed by atoms with Crippen LogP contribution in [0.4, 0.5) is 0 Å². The molecule has 1 N–H and O–H groups in total. The van der Waals surface area contributed by atoms with E-state index in [1.54, 1.807) is 13.2 Å². The molecule has 0 saturated carbocycles. The average Bonchev–Trinajstić information content (AvgIpc) is 3.13. The Morgan fingerprint density at radius 2 is 2.14 bits per heavy atom. The zero-order valence-electron chi connectivity index (χ0n) is 11.5. The number of benzene rings is 1. The minimum absolute atomic E-state index is 0.210. The van der Waals surface area contributed by atoms with Crippen LogP contribution in [-0.4, -0.2) is 31.3 Å². The van der Waals surface area contributed by atoms with Gasteiger partial charge in [-0.2, -0.15) is 0 Å². The van der Waals surface area contributed by atoms with E-state index in [0.717, 1.165) is 11.0 Å². The molecule has 2 aromatic heterocycles. The van der Waals surface area contributed by atoms with Crippen molar-refractivity contribution >= 4 is 16.9 Å². The molecule has 0 atom stereocenters. The first-order chi connectivity index (χ1) is 10.3. The maximum atomic E-state index is 11.8. The van der Waals surface area contributed by atoms with Crippen LogP contribution in [0.25, 0.3) is 22.5 Å². The summed E-state index contributed by atoms with van der Waals surface area (Å²) >= 11 is 0. The van der Waals surface area contributed by atoms with Gasteiger partial charge >= 0.3 is 0 Å². The number of fused-ring (bicyclic) bond motifs is 1. The van der Waals surface area contributed by atoms with Gasteiger partial charge in [-0.05, 0) is 12.1 Å². The second kappa shape index (κ2) is 5.80. The van der Waals surface area contributed by atoms with E-state index in [-0.39, 0.29) is 11.6 Å². The topological polar surface area (TPSA) is 77.5 Å². The van der Waals surface area contributed by atoms with Crippen molar-refractivity contribution < 1.29 is 18.5 Å². The Balaban J connectivity index is 1.79. The minimum Gasteiger partial charge on any atom is -0.453 e. The number of rotatable bonds is 5. The molecule has 0 spiro atoms. The number of amides is 1. The van der Waals surface area contributed by atoms with Crippen molar-refractivity contribution in [2.75, 3.05) is 20.3 Å². The van der Waals surface area contributed by atoms with Crippen LogP contribution >= 0.6 is 0 Å². The summed E-state index contributed by atoms with van der Waals surface area (Å²) < 4.78 is 15.7. The lowest BCUT2D eigenvalue weighted by molar-refractivity contribution is 0.0928. The highest BCUT2D eigenvalue weighted by atomic mass is 16.5. The fourth-order valence-corrected chi connectivity index (χ4v) is 1.96. The third-order valence-electron chi connectivity index (χ3n) is 3.00. The predicted molar refractivity (Wildman–Crippen MR) is 75.9 cm³/mol. The molecule has 2 heterocycles. The normalized spacial score (nSPS) is 10.9. The van der Waals surface area contributed by atoms with Crippen LogP contribution in [0, 0.1) is 0 Å². The summed E-state index contributed by atoms with van der Waals surface area (Å²) in [7, 11) is 1.57. The molecule has 0 aliphatic rings. The Kier molecular flexibility index (Phi) is 3.70. The van der Waals surface area contributed by atoms with E-state index in [4.69, 9.17) is 13.7 Å². The summed E-state index contributed by atoms with van der Waals surface area (Å²) in [5, 5.41) is 7.40. The monoisotopic (exact) mass is 286 g/mol. The van der Waals surface area contributed by atoms with E-state index in [1.165, 1.54) is 0 Å². The lowest BCUT2D eigenvalue weighted by Gasteiger charge is -1.99. The maximum Gasteiger partial charge on any atom is 0.273 e. The number of furan rings is 1. The van der Waals surface area contributed by atoms with Crippen molar-refractivity contribution in [3.05, 3.63) is 42.1 Å². The highest BCUT2D eigenvalue weighted by Crippen LogP contribution is 2.27. The molecule has 0 fully saturated rings. The molecule has 1 aromatic carbocycles. The van der Waals surface area contributed by atoms with Gasteiger partial charge in [0.2, 0.25) is 5.76 Å². The van der Waals surface area contributed by atoms with Gasteiger partial charge in [-0.15, -0.1) is 0 Å². The molecule has 21 heavy (non-hydrogen) atoms. The Bertz CT molecular complexity index is 727. The summed E-state index contributed by atoms with van der Waals surface area (Å²) in [5.41, 5.74) is 0.969. The lowest BCUT2D eigenvalue weighted by atomic mass is 10.2. The molecular formula is C15H14N2O4. The zero-order chi connectivity index (χ0) is 14.7. The second-order valence-corrected chi connectivity index (χ2v) is 4.47. The quantitative estimate of drug-likeness (QED) is 0.729. The van der Waals surface area contributed by atoms with Gasteiger partial charge in [0.15, 0.2) is 11.5 Å². The van der Waals surface area contributed by atoms with Gasteiger partial charge in [0.1, 0.15) is 5.58 Å². The number of ether oxygens (including phenoxy) is 1. The van der Waals surface area contributed by atoms with Gasteiger partial charge in [0.25, 0.3) is 5.91 Å². The van der Waals surface area contributed by atoms with Crippen LogP contribution in [-0.2, 0) is 4.74 Å². The molecular weight excluding hydrogens is 272 g/mol. The first-order valence-corrected chi connectivity index (χ1v) is 6.51. The van der Waals surface area contributed by atoms with Crippen LogP contribution < -0.4 is 5.32 Å². The van der Waals surface area contributed by atoms with Crippen molar-refractivity contribution in [3.63, 3.8) is 0 Å². The van der Waals surface area contributed by atoms with Crippen molar-refractivity contribution in [3.8, 4) is 11.5 Å². The smallest absolute Gasteiger partial charge is 0.273 e. The molecule has 0 bridgehead atoms. The van der Waals surface area contributed by atoms with Crippen molar-refractivity contribution in [2.24, 2.45) is 0 Å². The van der Waals surface area contributed by atoms with E-state index in [2.05, 4.69) is 10.5 Å². The zero-order valence-corrected chi connectivity index (χ0v) is 11.5. The van der Waals surface area contributed by atoms with Gasteiger partial charge in [-0.3, -0.25) is 4.79 Å². The number of hydrogen-bond donors (Lipinski definition) is 1. The molecule has 108 valence electrons. The summed E-state index contributed by atoms with van der Waals surface area (Å²) in [5.74, 6) is 0.654. The molecule has 0 aliphatic heterocycles. The third-order valence-corrected chi connectivity index (χ3v) is 3.00. The first kappa shape index (κ1) is 13.4. The van der Waals surface area contributed by atoms with Gasteiger partial charge in [-0.1, -0.05) is 23.4 Å². The fourth-order valence-electron chi connectivity index (χ4n) is 1.96. The number of carbonyl (C=O) groups is 1. The highest BCUT2D eigenvalue weighted by Gasteiger charge is 2.16. The van der Waals surface area contributed by atoms with Gasteiger partial charge < -0.3 is 19.0 Å². The second-order valence-electron chi connectivity index (χ2n) is 4.47. The number of para-hydroxylation sites is 1. The number of carbonyl (C=O) groups excluding carboxylic acids is 1. The summed E-state index contributed by atoms with van der Waals surface area (Å²) in [6.07, 6.45) is 0. The number of nitrogens with zero attached hydrogens (tertiary/aromatic N) is 1. The highest BCUT2D eigenvalue weighted by molar-refractivity contribution is 5.93. The Morgan fingerprint density at radius 1 is 1.29 bits per heavy atom. The van der Waals surface area contributed by atoms with E-state index in [9.17, 15) is 4.79 Å². The van der Waals surface area contributed by atoms with Gasteiger partial charge in [0.05, 0.1) is 6.61 Å². The lowest BCUT2D eigenvalue weighted by Crippen LogP contribution is -2.27. The summed E-state index contributed by atoms with van der Waals surface area (Å²) in [4.78, 5) is 11.8. The number of hydrogen-bond acceptors (Lipinski definition) is 5. The third kappa shape index (κ3) is 2.80. The number of methoxy groups -OCH3 is 1. The van der Waals surface area contributed by atoms with Crippen molar-refractivity contribution in [2.45, 2.75) is 0 Å². The number of aromatic nitrogens is 1. The van der Waals surface area contributed by atoms with Crippen molar-refractivity contribution in [1.29, 1.82) is 0 Å². The van der Waals surface area contributed by atoms with Gasteiger partial charge in [-0.25, -0.2) is 0 Å². The molecule has 0 radical (unpaired) electrons. The molecule has 3 rings (SSSR count). The van der Waals surface area contributed by atoms with E-state index in [1.807, 2.05) is 30.3 Å². The molecule has 6 heteroatoms. The molecule has 3 aromatic rings. The largest absolute Gasteiger partial charge is 0.453 e. The SMILES string of the molecule is COCCNC(=O)c1cc(-c2cc3ccccc3o2)on1. The summed E-state index contributed by atoms with van der Waals surface area (Å²) in [6, 6.07) is 11.0. The van der Waals surface area contributed by atoms with Crippen molar-refractivity contribution in [1.82, 2.24) is 10.5 Å². The van der Waals surface area contributed by atoms with E-state index >= 15 is 0 Å². The Morgan fingerprint density at radius 3 is 2.95 bits per heavy atom. The number of nitrogens with one attached hydrogen (secondary N) is 1. The first-order valence-electron chi connectivity index (χ1n) is 6.51. The molecule has 0 saturated heterocycles. The van der Waals surface area contributed by atoms with Crippen LogP contribution in [0.3, 0.4) is 0 Å². The fraction of sp³-hybridized carbons (Fsp3) is 0.200. The van der Waals surface area contributed by atoms with Gasteiger partial charge in [0, 0.05) is 25.1 Å². The minimum atomic E-state index is -0.307. The van der Waals surface area contributed by atoms with E-state index < -0.39 is 0 Å². The Labute approximate surface area is 120 Å². The predicted octanol–water partition coefficient (Wildman–Crippen LogP) is 2.46. The van der Waals surface area contributed by atoms with Crippen LogP contribution in [0.2, 0.25) is 0 Å². The standard InChI is InChI=1S/C15H14N2O4/c1-19-7-6-16-15(18)11-9-14(21-17-11)13-8-10-4-2-3-5-12(10)20-13/h2-5,8-9H,6-7H2,1H3,(H,16,18). The van der Waals surface area contributed by atoms with E-state index in [0.29, 0.717) is 24.7 Å². The molecule has 6 nitrogen and oxygen atoms in total. The van der Waals surface area contributed by atoms with Crippen LogP contribution in [0.5, 0.6) is 0 Å². The van der Waals surface area contributed by atoms with Crippen LogP contribution in [0.1, 0.15) is 10.5 Å². The molecule has 0 aliphatic carbocycles.